The number of hydrogen-bond donors (Lipinski definition) is 2. The first kappa shape index (κ1) is 21.8. The van der Waals surface area contributed by atoms with E-state index in [1.54, 1.807) is 0 Å². The van der Waals surface area contributed by atoms with E-state index < -0.39 is 23.8 Å². The molecule has 3 rings (SSSR count). The van der Waals surface area contributed by atoms with Crippen LogP contribution in [0.5, 0.6) is 0 Å². The Morgan fingerprint density at radius 1 is 1.11 bits per heavy atom. The van der Waals surface area contributed by atoms with E-state index in [1.165, 1.54) is 23.3 Å². The zero-order chi connectivity index (χ0) is 20.9. The Labute approximate surface area is 159 Å². The molecule has 0 unspecified atom stereocenters. The summed E-state index contributed by atoms with van der Waals surface area (Å²) in [6, 6.07) is 10.1. The van der Waals surface area contributed by atoms with Crippen molar-refractivity contribution in [2.24, 2.45) is 0 Å². The Bertz CT molecular complexity index is 816. The molecule has 0 saturated heterocycles. The average Bonchev–Trinajstić information content (AvgIpc) is 2.75. The number of fused-ring (bicyclic) bond motifs is 1. The third-order valence-electron chi connectivity index (χ3n) is 4.34. The van der Waals surface area contributed by atoms with E-state index in [-0.39, 0.29) is 0 Å². The van der Waals surface area contributed by atoms with Crippen LogP contribution in [-0.4, -0.2) is 30.3 Å². The van der Waals surface area contributed by atoms with E-state index in [0.29, 0.717) is 17.9 Å². The number of aliphatic carboxylic acids is 1. The Morgan fingerprint density at radius 3 is 2.29 bits per heavy atom. The summed E-state index contributed by atoms with van der Waals surface area (Å²) in [5.41, 5.74) is 4.51. The SMILES string of the molecule is C[C@@H]1CNCCc2ccc(Cc3cc(F)cc(F)c3)cc21.O=C(O)C(F)(F)F. The summed E-state index contributed by atoms with van der Waals surface area (Å²) in [6.07, 6.45) is -3.49. The predicted molar refractivity (Wildman–Crippen MR) is 94.3 cm³/mol. The highest BCUT2D eigenvalue weighted by atomic mass is 19.4. The Kier molecular flexibility index (Phi) is 7.12. The van der Waals surface area contributed by atoms with Gasteiger partial charge in [0.1, 0.15) is 11.6 Å². The molecule has 0 aromatic heterocycles. The molecule has 1 heterocycles. The molecule has 0 bridgehead atoms. The molecular formula is C20H20F5NO2. The molecule has 2 aromatic carbocycles. The van der Waals surface area contributed by atoms with Crippen LogP contribution in [0.3, 0.4) is 0 Å². The quantitative estimate of drug-likeness (QED) is 0.732. The molecular weight excluding hydrogens is 381 g/mol. The van der Waals surface area contributed by atoms with Crippen LogP contribution in [0, 0.1) is 11.6 Å². The Morgan fingerprint density at radius 2 is 1.71 bits per heavy atom. The van der Waals surface area contributed by atoms with Crippen molar-refractivity contribution in [3.63, 3.8) is 0 Å². The van der Waals surface area contributed by atoms with Crippen LogP contribution >= 0.6 is 0 Å². The van der Waals surface area contributed by atoms with Crippen LogP contribution in [0.15, 0.2) is 36.4 Å². The van der Waals surface area contributed by atoms with Crippen molar-refractivity contribution in [3.05, 3.63) is 70.3 Å². The van der Waals surface area contributed by atoms with Crippen molar-refractivity contribution in [3.8, 4) is 0 Å². The minimum absolute atomic E-state index is 0.465. The normalized spacial score (nSPS) is 16.4. The minimum atomic E-state index is -5.08. The summed E-state index contributed by atoms with van der Waals surface area (Å²) in [6.45, 7) is 4.19. The molecule has 1 atom stereocenters. The van der Waals surface area contributed by atoms with Crippen molar-refractivity contribution in [1.29, 1.82) is 0 Å². The maximum atomic E-state index is 13.3. The highest BCUT2D eigenvalue weighted by Crippen LogP contribution is 2.25. The molecule has 0 aliphatic carbocycles. The lowest BCUT2D eigenvalue weighted by Gasteiger charge is -2.14. The number of halogens is 5. The van der Waals surface area contributed by atoms with Crippen LogP contribution < -0.4 is 5.32 Å². The van der Waals surface area contributed by atoms with Crippen LogP contribution in [0.25, 0.3) is 0 Å². The van der Waals surface area contributed by atoms with Gasteiger partial charge in [-0.25, -0.2) is 13.6 Å². The van der Waals surface area contributed by atoms with Gasteiger partial charge in [0, 0.05) is 12.6 Å². The van der Waals surface area contributed by atoms with Gasteiger partial charge in [0.25, 0.3) is 0 Å². The predicted octanol–water partition coefficient (Wildman–Crippen LogP) is 4.44. The number of nitrogens with one attached hydrogen (secondary N) is 1. The molecule has 2 N–H and O–H groups in total. The number of alkyl halides is 3. The number of rotatable bonds is 2. The number of carbonyl (C=O) groups is 1. The summed E-state index contributed by atoms with van der Waals surface area (Å²) in [5.74, 6) is -3.33. The number of benzene rings is 2. The molecule has 0 amide bonds. The van der Waals surface area contributed by atoms with E-state index in [1.807, 2.05) is 0 Å². The van der Waals surface area contributed by atoms with Crippen molar-refractivity contribution < 1.29 is 31.9 Å². The summed E-state index contributed by atoms with van der Waals surface area (Å²) < 4.78 is 58.3. The number of carboxylic acid groups (broad SMARTS) is 1. The Hall–Kier alpha value is -2.48. The minimum Gasteiger partial charge on any atom is -0.475 e. The maximum Gasteiger partial charge on any atom is 0.490 e. The van der Waals surface area contributed by atoms with E-state index >= 15 is 0 Å². The highest BCUT2D eigenvalue weighted by Gasteiger charge is 2.38. The third kappa shape index (κ3) is 6.30. The van der Waals surface area contributed by atoms with Crippen LogP contribution in [0.2, 0.25) is 0 Å². The fourth-order valence-corrected chi connectivity index (χ4v) is 3.04. The second kappa shape index (κ2) is 9.14. The van der Waals surface area contributed by atoms with Gasteiger partial charge >= 0.3 is 12.1 Å². The van der Waals surface area contributed by atoms with E-state index in [0.717, 1.165) is 31.1 Å². The van der Waals surface area contributed by atoms with Gasteiger partial charge in [-0.2, -0.15) is 13.2 Å². The summed E-state index contributed by atoms with van der Waals surface area (Å²) in [5, 5.41) is 10.6. The van der Waals surface area contributed by atoms with Gasteiger partial charge in [0.2, 0.25) is 0 Å². The summed E-state index contributed by atoms with van der Waals surface area (Å²) >= 11 is 0. The molecule has 0 radical (unpaired) electrons. The first-order chi connectivity index (χ1) is 13.1. The molecule has 28 heavy (non-hydrogen) atoms. The number of hydrogen-bond acceptors (Lipinski definition) is 2. The lowest BCUT2D eigenvalue weighted by molar-refractivity contribution is -0.192. The molecule has 2 aromatic rings. The Balaban J connectivity index is 0.000000345. The van der Waals surface area contributed by atoms with Crippen LogP contribution in [0.4, 0.5) is 22.0 Å². The lowest BCUT2D eigenvalue weighted by Crippen LogP contribution is -2.21. The topological polar surface area (TPSA) is 49.3 Å². The molecule has 0 saturated carbocycles. The molecule has 0 spiro atoms. The number of carboxylic acids is 1. The average molecular weight is 401 g/mol. The van der Waals surface area contributed by atoms with Crippen molar-refractivity contribution in [2.45, 2.75) is 31.9 Å². The lowest BCUT2D eigenvalue weighted by atomic mass is 9.91. The fraction of sp³-hybridized carbons (Fsp3) is 0.350. The van der Waals surface area contributed by atoms with E-state index in [4.69, 9.17) is 9.90 Å². The smallest absolute Gasteiger partial charge is 0.475 e. The first-order valence-electron chi connectivity index (χ1n) is 8.63. The van der Waals surface area contributed by atoms with Gasteiger partial charge < -0.3 is 10.4 Å². The van der Waals surface area contributed by atoms with Gasteiger partial charge in [0.15, 0.2) is 0 Å². The zero-order valence-electron chi connectivity index (χ0n) is 15.1. The first-order valence-corrected chi connectivity index (χ1v) is 8.63. The highest BCUT2D eigenvalue weighted by molar-refractivity contribution is 5.73. The standard InChI is InChI=1S/C18H19F2N.C2HF3O2/c1-12-11-21-5-4-15-3-2-13(9-18(12)15)6-14-7-16(19)10-17(20)8-14;3-2(4,5)1(6)7/h2-3,7-10,12,21H,4-6,11H2,1H3;(H,6,7)/t12-;/m1./s1. The molecule has 1 aliphatic heterocycles. The van der Waals surface area contributed by atoms with Gasteiger partial charge in [0.05, 0.1) is 0 Å². The molecule has 0 fully saturated rings. The summed E-state index contributed by atoms with van der Waals surface area (Å²) in [7, 11) is 0. The fourth-order valence-electron chi connectivity index (χ4n) is 3.04. The maximum absolute atomic E-state index is 13.3. The van der Waals surface area contributed by atoms with Crippen molar-refractivity contribution in [1.82, 2.24) is 5.32 Å². The molecule has 152 valence electrons. The molecule has 3 nitrogen and oxygen atoms in total. The monoisotopic (exact) mass is 401 g/mol. The summed E-state index contributed by atoms with van der Waals surface area (Å²) in [4.78, 5) is 8.90. The van der Waals surface area contributed by atoms with Crippen molar-refractivity contribution >= 4 is 5.97 Å². The second-order valence-electron chi connectivity index (χ2n) is 6.65. The second-order valence-corrected chi connectivity index (χ2v) is 6.65. The third-order valence-corrected chi connectivity index (χ3v) is 4.34. The van der Waals surface area contributed by atoms with Gasteiger partial charge in [-0.1, -0.05) is 25.1 Å². The van der Waals surface area contributed by atoms with Crippen molar-refractivity contribution in [2.75, 3.05) is 13.1 Å². The van der Waals surface area contributed by atoms with Gasteiger partial charge in [-0.15, -0.1) is 0 Å². The van der Waals surface area contributed by atoms with Crippen LogP contribution in [0.1, 0.15) is 35.1 Å². The molecule has 8 heteroatoms. The van der Waals surface area contributed by atoms with Gasteiger partial charge in [-0.05, 0) is 59.7 Å². The largest absolute Gasteiger partial charge is 0.490 e. The van der Waals surface area contributed by atoms with Crippen LogP contribution in [-0.2, 0) is 17.6 Å². The van der Waals surface area contributed by atoms with Gasteiger partial charge in [-0.3, -0.25) is 0 Å². The molecule has 1 aliphatic rings. The zero-order valence-corrected chi connectivity index (χ0v) is 15.1. The van der Waals surface area contributed by atoms with E-state index in [9.17, 15) is 22.0 Å². The van der Waals surface area contributed by atoms with E-state index in [2.05, 4.69) is 30.4 Å².